The van der Waals surface area contributed by atoms with Gasteiger partial charge in [0.15, 0.2) is 11.5 Å². The lowest BCUT2D eigenvalue weighted by molar-refractivity contribution is 0.0955. The van der Waals surface area contributed by atoms with Crippen molar-refractivity contribution in [1.29, 1.82) is 0 Å². The Morgan fingerprint density at radius 2 is 1.91 bits per heavy atom. The highest BCUT2D eigenvalue weighted by Gasteiger charge is 2.16. The van der Waals surface area contributed by atoms with Gasteiger partial charge in [0.05, 0.1) is 7.11 Å². The number of ether oxygens (including phenoxy) is 1. The second-order valence-corrected chi connectivity index (χ2v) is 5.27. The monoisotopic (exact) mass is 316 g/mol. The molecule has 2 N–H and O–H groups in total. The summed E-state index contributed by atoms with van der Waals surface area (Å²) in [6.45, 7) is 5.82. The molecular weight excluding hydrogens is 296 g/mol. The van der Waals surface area contributed by atoms with Crippen LogP contribution in [0.25, 0.3) is 0 Å². The summed E-state index contributed by atoms with van der Waals surface area (Å²) in [6.07, 6.45) is 0. The van der Waals surface area contributed by atoms with Gasteiger partial charge in [-0.3, -0.25) is 4.79 Å². The molecule has 23 heavy (non-hydrogen) atoms. The Morgan fingerprint density at radius 3 is 2.52 bits per heavy atom. The van der Waals surface area contributed by atoms with Gasteiger partial charge in [-0.05, 0) is 24.5 Å². The Bertz CT molecular complexity index is 717. The number of hydrogen-bond acceptors (Lipinski definition) is 7. The average Bonchev–Trinajstić information content (AvgIpc) is 2.53. The fourth-order valence-electron chi connectivity index (χ4n) is 2.03. The lowest BCUT2D eigenvalue weighted by atomic mass is 10.0. The predicted molar refractivity (Wildman–Crippen MR) is 86.1 cm³/mol. The zero-order valence-electron chi connectivity index (χ0n) is 13.8. The summed E-state index contributed by atoms with van der Waals surface area (Å²) in [6, 6.07) is 3.84. The average molecular weight is 316 g/mol. The maximum atomic E-state index is 11.9. The van der Waals surface area contributed by atoms with Gasteiger partial charge < -0.3 is 15.4 Å². The van der Waals surface area contributed by atoms with Crippen molar-refractivity contribution in [3.8, 4) is 6.01 Å². The van der Waals surface area contributed by atoms with Crippen molar-refractivity contribution in [2.24, 2.45) is 0 Å². The van der Waals surface area contributed by atoms with Crippen LogP contribution in [0.4, 0.5) is 11.6 Å². The van der Waals surface area contributed by atoms with E-state index in [0.29, 0.717) is 17.3 Å². The van der Waals surface area contributed by atoms with E-state index in [4.69, 9.17) is 4.74 Å². The fraction of sp³-hybridized carbons (Fsp3) is 0.400. The number of anilines is 2. The topological polar surface area (TPSA) is 102 Å². The van der Waals surface area contributed by atoms with Crippen LogP contribution in [0.5, 0.6) is 6.01 Å². The van der Waals surface area contributed by atoms with Gasteiger partial charge in [0.25, 0.3) is 5.91 Å². The van der Waals surface area contributed by atoms with Crippen LogP contribution in [0.2, 0.25) is 0 Å². The van der Waals surface area contributed by atoms with Crippen LogP contribution >= 0.6 is 0 Å². The van der Waals surface area contributed by atoms with E-state index in [1.807, 2.05) is 20.8 Å². The summed E-state index contributed by atoms with van der Waals surface area (Å²) in [5.41, 5.74) is 1.89. The number of aryl methyl sites for hydroxylation is 1. The summed E-state index contributed by atoms with van der Waals surface area (Å²) < 4.78 is 5.05. The van der Waals surface area contributed by atoms with Crippen molar-refractivity contribution in [2.75, 3.05) is 19.5 Å². The number of aromatic nitrogens is 4. The standard InChI is InChI=1S/C15H20N6O2/c1-8(2)10-7-12(20-21-13(10)14(22)16-4)18-11-6-9(3)17-15(19-11)23-5/h6-8H,1-5H3,(H,16,22)(H,17,18,19,20). The van der Waals surface area contributed by atoms with Gasteiger partial charge in [-0.15, -0.1) is 10.2 Å². The molecular formula is C15H20N6O2. The van der Waals surface area contributed by atoms with E-state index >= 15 is 0 Å². The van der Waals surface area contributed by atoms with Gasteiger partial charge in [-0.2, -0.15) is 4.98 Å². The molecule has 0 saturated carbocycles. The SMILES string of the molecule is CNC(=O)c1nnc(Nc2cc(C)nc(OC)n2)cc1C(C)C. The zero-order chi connectivity index (χ0) is 17.0. The van der Waals surface area contributed by atoms with Crippen molar-refractivity contribution >= 4 is 17.5 Å². The highest BCUT2D eigenvalue weighted by Crippen LogP contribution is 2.22. The summed E-state index contributed by atoms with van der Waals surface area (Å²) >= 11 is 0. The summed E-state index contributed by atoms with van der Waals surface area (Å²) in [5.74, 6) is 0.917. The highest BCUT2D eigenvalue weighted by molar-refractivity contribution is 5.93. The minimum absolute atomic E-state index is 0.125. The van der Waals surface area contributed by atoms with Crippen LogP contribution in [0.3, 0.4) is 0 Å². The van der Waals surface area contributed by atoms with E-state index in [9.17, 15) is 4.79 Å². The first-order valence-corrected chi connectivity index (χ1v) is 7.21. The van der Waals surface area contributed by atoms with Gasteiger partial charge in [0.1, 0.15) is 5.82 Å². The molecule has 0 spiro atoms. The molecule has 0 fully saturated rings. The molecule has 0 saturated heterocycles. The van der Waals surface area contributed by atoms with Crippen molar-refractivity contribution in [1.82, 2.24) is 25.5 Å². The predicted octanol–water partition coefficient (Wildman–Crippen LogP) is 1.81. The number of carbonyl (C=O) groups is 1. The second kappa shape index (κ2) is 6.99. The molecule has 0 aromatic carbocycles. The van der Waals surface area contributed by atoms with Gasteiger partial charge in [-0.1, -0.05) is 13.8 Å². The number of hydrogen-bond donors (Lipinski definition) is 2. The number of amides is 1. The number of nitrogens with one attached hydrogen (secondary N) is 2. The van der Waals surface area contributed by atoms with E-state index in [0.717, 1.165) is 11.3 Å². The lowest BCUT2D eigenvalue weighted by Gasteiger charge is -2.12. The Hall–Kier alpha value is -2.77. The van der Waals surface area contributed by atoms with Crippen LogP contribution in [-0.2, 0) is 0 Å². The highest BCUT2D eigenvalue weighted by atomic mass is 16.5. The molecule has 0 aliphatic rings. The first-order chi connectivity index (χ1) is 10.9. The molecule has 0 aliphatic carbocycles. The molecule has 2 rings (SSSR count). The summed E-state index contributed by atoms with van der Waals surface area (Å²) in [7, 11) is 3.07. The number of methoxy groups -OCH3 is 1. The molecule has 1 amide bonds. The molecule has 122 valence electrons. The Kier molecular flexibility index (Phi) is 5.05. The molecule has 2 aromatic heterocycles. The molecule has 8 nitrogen and oxygen atoms in total. The van der Waals surface area contributed by atoms with Crippen LogP contribution in [-0.4, -0.2) is 40.2 Å². The van der Waals surface area contributed by atoms with E-state index < -0.39 is 0 Å². The summed E-state index contributed by atoms with van der Waals surface area (Å²) in [4.78, 5) is 20.2. The van der Waals surface area contributed by atoms with E-state index in [-0.39, 0.29) is 17.8 Å². The normalized spacial score (nSPS) is 10.5. The number of carbonyl (C=O) groups excluding carboxylic acids is 1. The van der Waals surface area contributed by atoms with Crippen molar-refractivity contribution in [3.05, 3.63) is 29.1 Å². The second-order valence-electron chi connectivity index (χ2n) is 5.27. The minimum Gasteiger partial charge on any atom is -0.467 e. The van der Waals surface area contributed by atoms with Crippen molar-refractivity contribution in [2.45, 2.75) is 26.7 Å². The van der Waals surface area contributed by atoms with Crippen LogP contribution in [0.1, 0.15) is 41.5 Å². The summed E-state index contributed by atoms with van der Waals surface area (Å²) in [5, 5.41) is 13.7. The van der Waals surface area contributed by atoms with Crippen LogP contribution < -0.4 is 15.4 Å². The Morgan fingerprint density at radius 1 is 1.17 bits per heavy atom. The number of nitrogens with zero attached hydrogens (tertiary/aromatic N) is 4. The largest absolute Gasteiger partial charge is 0.467 e. The molecule has 0 radical (unpaired) electrons. The molecule has 8 heteroatoms. The minimum atomic E-state index is -0.257. The quantitative estimate of drug-likeness (QED) is 0.867. The first kappa shape index (κ1) is 16.6. The molecule has 0 atom stereocenters. The van der Waals surface area contributed by atoms with Crippen molar-refractivity contribution < 1.29 is 9.53 Å². The Labute approximate surface area is 134 Å². The third-order valence-corrected chi connectivity index (χ3v) is 3.16. The van der Waals surface area contributed by atoms with Gasteiger partial charge in [0.2, 0.25) is 0 Å². The lowest BCUT2D eigenvalue weighted by Crippen LogP contribution is -2.22. The van der Waals surface area contributed by atoms with Gasteiger partial charge >= 0.3 is 6.01 Å². The number of rotatable bonds is 5. The van der Waals surface area contributed by atoms with E-state index in [1.54, 1.807) is 19.2 Å². The van der Waals surface area contributed by atoms with E-state index in [2.05, 4.69) is 30.8 Å². The zero-order valence-corrected chi connectivity index (χ0v) is 13.8. The third-order valence-electron chi connectivity index (χ3n) is 3.16. The van der Waals surface area contributed by atoms with Gasteiger partial charge in [0, 0.05) is 18.8 Å². The van der Waals surface area contributed by atoms with Crippen molar-refractivity contribution in [3.63, 3.8) is 0 Å². The van der Waals surface area contributed by atoms with E-state index in [1.165, 1.54) is 7.11 Å². The smallest absolute Gasteiger partial charge is 0.318 e. The maximum absolute atomic E-state index is 11.9. The van der Waals surface area contributed by atoms with Gasteiger partial charge in [-0.25, -0.2) is 4.98 Å². The first-order valence-electron chi connectivity index (χ1n) is 7.21. The molecule has 2 heterocycles. The molecule has 2 aromatic rings. The third kappa shape index (κ3) is 3.91. The van der Waals surface area contributed by atoms with Crippen LogP contribution in [0, 0.1) is 6.92 Å². The maximum Gasteiger partial charge on any atom is 0.318 e. The van der Waals surface area contributed by atoms with Crippen LogP contribution in [0.15, 0.2) is 12.1 Å². The molecule has 0 unspecified atom stereocenters. The molecule has 0 aliphatic heterocycles. The fourth-order valence-corrected chi connectivity index (χ4v) is 2.03. The molecule has 0 bridgehead atoms. The Balaban J connectivity index is 2.36.